The van der Waals surface area contributed by atoms with Gasteiger partial charge in [0.25, 0.3) is 5.91 Å². The van der Waals surface area contributed by atoms with Crippen LogP contribution in [0.4, 0.5) is 4.79 Å². The molecule has 2 aromatic rings. The number of methoxy groups -OCH3 is 1. The third-order valence-corrected chi connectivity index (χ3v) is 5.71. The van der Waals surface area contributed by atoms with Gasteiger partial charge in [-0.05, 0) is 42.5 Å². The second-order valence-corrected chi connectivity index (χ2v) is 7.78. The van der Waals surface area contributed by atoms with E-state index in [2.05, 4.69) is 5.32 Å². The number of ether oxygens (including phenoxy) is 1. The van der Waals surface area contributed by atoms with Gasteiger partial charge in [0.15, 0.2) is 0 Å². The number of thiophene rings is 1. The number of carbonyl (C=O) groups excluding carboxylic acids is 3. The maximum atomic E-state index is 13.0. The molecule has 1 atom stereocenters. The van der Waals surface area contributed by atoms with Gasteiger partial charge in [-0.3, -0.25) is 14.5 Å². The molecule has 154 valence electrons. The molecule has 0 spiro atoms. The SMILES string of the molecule is CCNC(=O)CC1C(=O)N(Cc2cccs2)C(=O)N1CCc1ccc(OC)cc1. The molecule has 0 radical (unpaired) electrons. The number of hydrogen-bond donors (Lipinski definition) is 1. The summed E-state index contributed by atoms with van der Waals surface area (Å²) in [6.07, 6.45) is 0.559. The first kappa shape index (κ1) is 20.9. The normalized spacial score (nSPS) is 16.4. The average Bonchev–Trinajstić information content (AvgIpc) is 3.31. The molecule has 7 nitrogen and oxygen atoms in total. The fourth-order valence-corrected chi connectivity index (χ4v) is 4.03. The molecule has 3 rings (SSSR count). The fourth-order valence-electron chi connectivity index (χ4n) is 3.34. The van der Waals surface area contributed by atoms with E-state index in [-0.39, 0.29) is 30.8 Å². The highest BCUT2D eigenvalue weighted by Gasteiger charge is 2.45. The summed E-state index contributed by atoms with van der Waals surface area (Å²) in [4.78, 5) is 41.8. The Morgan fingerprint density at radius 3 is 2.59 bits per heavy atom. The standard InChI is InChI=1S/C21H25N3O4S/c1-3-22-19(25)13-18-20(26)24(14-17-5-4-12-29-17)21(27)23(18)11-10-15-6-8-16(28-2)9-7-15/h4-9,12,18H,3,10-11,13-14H2,1-2H3,(H,22,25). The predicted molar refractivity (Wildman–Crippen MR) is 111 cm³/mol. The van der Waals surface area contributed by atoms with Crippen LogP contribution < -0.4 is 10.1 Å². The lowest BCUT2D eigenvalue weighted by molar-refractivity contribution is -0.132. The van der Waals surface area contributed by atoms with Crippen LogP contribution in [0.25, 0.3) is 0 Å². The van der Waals surface area contributed by atoms with Crippen molar-refractivity contribution in [3.05, 3.63) is 52.2 Å². The monoisotopic (exact) mass is 415 g/mol. The Morgan fingerprint density at radius 2 is 1.97 bits per heavy atom. The van der Waals surface area contributed by atoms with Crippen molar-refractivity contribution < 1.29 is 19.1 Å². The summed E-state index contributed by atoms with van der Waals surface area (Å²) in [6.45, 7) is 2.91. The number of carbonyl (C=O) groups is 3. The lowest BCUT2D eigenvalue weighted by atomic mass is 10.1. The molecular weight excluding hydrogens is 390 g/mol. The Bertz CT molecular complexity index is 851. The van der Waals surface area contributed by atoms with Crippen LogP contribution in [0.5, 0.6) is 5.75 Å². The number of benzene rings is 1. The number of urea groups is 1. The smallest absolute Gasteiger partial charge is 0.327 e. The van der Waals surface area contributed by atoms with Gasteiger partial charge in [0.2, 0.25) is 5.91 Å². The summed E-state index contributed by atoms with van der Waals surface area (Å²) < 4.78 is 5.17. The van der Waals surface area contributed by atoms with E-state index in [1.165, 1.54) is 21.1 Å². The minimum atomic E-state index is -0.771. The molecule has 29 heavy (non-hydrogen) atoms. The molecule has 1 unspecified atom stereocenters. The molecule has 4 amide bonds. The van der Waals surface area contributed by atoms with E-state index >= 15 is 0 Å². The number of nitrogens with one attached hydrogen (secondary N) is 1. The van der Waals surface area contributed by atoms with Crippen molar-refractivity contribution in [3.8, 4) is 5.75 Å². The van der Waals surface area contributed by atoms with Crippen LogP contribution in [-0.2, 0) is 22.6 Å². The van der Waals surface area contributed by atoms with Crippen molar-refractivity contribution in [2.24, 2.45) is 0 Å². The number of imide groups is 1. The molecule has 1 N–H and O–H groups in total. The zero-order valence-corrected chi connectivity index (χ0v) is 17.4. The number of rotatable bonds is 9. The number of amides is 4. The Kier molecular flexibility index (Phi) is 6.87. The molecular formula is C21H25N3O4S. The molecule has 1 saturated heterocycles. The van der Waals surface area contributed by atoms with Gasteiger partial charge < -0.3 is 15.0 Å². The Balaban J connectivity index is 1.74. The summed E-state index contributed by atoms with van der Waals surface area (Å²) in [5.74, 6) is 0.216. The van der Waals surface area contributed by atoms with Gasteiger partial charge in [0.05, 0.1) is 20.1 Å². The summed E-state index contributed by atoms with van der Waals surface area (Å²) in [5.41, 5.74) is 1.03. The second-order valence-electron chi connectivity index (χ2n) is 6.75. The largest absolute Gasteiger partial charge is 0.497 e. The van der Waals surface area contributed by atoms with E-state index in [9.17, 15) is 14.4 Å². The van der Waals surface area contributed by atoms with Crippen molar-refractivity contribution in [2.75, 3.05) is 20.2 Å². The van der Waals surface area contributed by atoms with Crippen molar-refractivity contribution in [1.82, 2.24) is 15.1 Å². The van der Waals surface area contributed by atoms with E-state index in [4.69, 9.17) is 4.74 Å². The first-order valence-corrected chi connectivity index (χ1v) is 10.5. The molecule has 0 saturated carbocycles. The van der Waals surface area contributed by atoms with E-state index in [0.29, 0.717) is 19.5 Å². The number of nitrogens with zero attached hydrogens (tertiary/aromatic N) is 2. The lowest BCUT2D eigenvalue weighted by Gasteiger charge is -2.21. The van der Waals surface area contributed by atoms with Crippen LogP contribution >= 0.6 is 11.3 Å². The maximum Gasteiger partial charge on any atom is 0.327 e. The van der Waals surface area contributed by atoms with Crippen molar-refractivity contribution in [1.29, 1.82) is 0 Å². The zero-order chi connectivity index (χ0) is 20.8. The third kappa shape index (κ3) is 4.95. The Hall–Kier alpha value is -2.87. The second kappa shape index (κ2) is 9.56. The van der Waals surface area contributed by atoms with Crippen molar-refractivity contribution >= 4 is 29.2 Å². The highest BCUT2D eigenvalue weighted by Crippen LogP contribution is 2.24. The van der Waals surface area contributed by atoms with Gasteiger partial charge in [-0.2, -0.15) is 0 Å². The van der Waals surface area contributed by atoms with Gasteiger partial charge in [0.1, 0.15) is 11.8 Å². The summed E-state index contributed by atoms with van der Waals surface area (Å²) in [6, 6.07) is 10.3. The van der Waals surface area contributed by atoms with Gasteiger partial charge in [0, 0.05) is 18.0 Å². The molecule has 0 aliphatic carbocycles. The van der Waals surface area contributed by atoms with E-state index in [1.54, 1.807) is 7.11 Å². The lowest BCUT2D eigenvalue weighted by Crippen LogP contribution is -2.40. The Labute approximate surface area is 174 Å². The van der Waals surface area contributed by atoms with Gasteiger partial charge in [-0.15, -0.1) is 11.3 Å². The highest BCUT2D eigenvalue weighted by molar-refractivity contribution is 7.09. The molecule has 1 fully saturated rings. The fraction of sp³-hybridized carbons (Fsp3) is 0.381. The van der Waals surface area contributed by atoms with Crippen LogP contribution in [0.15, 0.2) is 41.8 Å². The predicted octanol–water partition coefficient (Wildman–Crippen LogP) is 2.66. The highest BCUT2D eigenvalue weighted by atomic mass is 32.1. The van der Waals surface area contributed by atoms with Crippen molar-refractivity contribution in [2.45, 2.75) is 32.4 Å². The topological polar surface area (TPSA) is 79.0 Å². The molecule has 8 heteroatoms. The minimum Gasteiger partial charge on any atom is -0.497 e. The van der Waals surface area contributed by atoms with Gasteiger partial charge in [-0.25, -0.2) is 4.79 Å². The minimum absolute atomic E-state index is 0.0258. The number of hydrogen-bond acceptors (Lipinski definition) is 5. The van der Waals surface area contributed by atoms with Gasteiger partial charge >= 0.3 is 6.03 Å². The first-order valence-electron chi connectivity index (χ1n) is 9.57. The van der Waals surface area contributed by atoms with Crippen LogP contribution in [-0.4, -0.2) is 53.9 Å². The van der Waals surface area contributed by atoms with E-state index in [1.807, 2.05) is 48.7 Å². The van der Waals surface area contributed by atoms with Crippen LogP contribution in [0, 0.1) is 0 Å². The van der Waals surface area contributed by atoms with Crippen LogP contribution in [0.2, 0.25) is 0 Å². The molecule has 1 aliphatic rings. The quantitative estimate of drug-likeness (QED) is 0.639. The molecule has 0 bridgehead atoms. The molecule has 2 heterocycles. The molecule has 1 aliphatic heterocycles. The summed E-state index contributed by atoms with van der Waals surface area (Å²) in [7, 11) is 1.61. The van der Waals surface area contributed by atoms with Crippen LogP contribution in [0.3, 0.4) is 0 Å². The first-order chi connectivity index (χ1) is 14.0. The third-order valence-electron chi connectivity index (χ3n) is 4.85. The summed E-state index contributed by atoms with van der Waals surface area (Å²) in [5, 5.41) is 4.63. The van der Waals surface area contributed by atoms with Crippen molar-refractivity contribution in [3.63, 3.8) is 0 Å². The van der Waals surface area contributed by atoms with E-state index in [0.717, 1.165) is 16.2 Å². The van der Waals surface area contributed by atoms with E-state index < -0.39 is 6.04 Å². The zero-order valence-electron chi connectivity index (χ0n) is 16.6. The average molecular weight is 416 g/mol. The van der Waals surface area contributed by atoms with Gasteiger partial charge in [-0.1, -0.05) is 18.2 Å². The maximum absolute atomic E-state index is 13.0. The van der Waals surface area contributed by atoms with Crippen LogP contribution in [0.1, 0.15) is 23.8 Å². The molecule has 1 aromatic carbocycles. The molecule has 1 aromatic heterocycles. The Morgan fingerprint density at radius 1 is 1.21 bits per heavy atom. The summed E-state index contributed by atoms with van der Waals surface area (Å²) >= 11 is 1.50.